The molecule has 0 N–H and O–H groups in total. The van der Waals surface area contributed by atoms with Gasteiger partial charge in [0, 0.05) is 24.7 Å². The fraction of sp³-hybridized carbons (Fsp3) is 0.286. The van der Waals surface area contributed by atoms with Crippen molar-refractivity contribution in [1.29, 1.82) is 0 Å². The third kappa shape index (κ3) is 5.81. The van der Waals surface area contributed by atoms with Crippen LogP contribution in [0.25, 0.3) is 11.1 Å². The van der Waals surface area contributed by atoms with Gasteiger partial charge in [-0.3, -0.25) is 9.69 Å². The fourth-order valence-electron chi connectivity index (χ4n) is 3.56. The summed E-state index contributed by atoms with van der Waals surface area (Å²) in [4.78, 5) is 25.5. The van der Waals surface area contributed by atoms with Crippen LogP contribution in [-0.4, -0.2) is 31.6 Å². The van der Waals surface area contributed by atoms with Crippen molar-refractivity contribution < 1.29 is 23.5 Å². The number of benzene rings is 3. The number of nitrogens with zero attached hydrogens (tertiary/aromatic N) is 1. The van der Waals surface area contributed by atoms with Gasteiger partial charge in [0.2, 0.25) is 0 Å². The molecule has 0 saturated heterocycles. The van der Waals surface area contributed by atoms with E-state index in [2.05, 4.69) is 0 Å². The minimum Gasteiger partial charge on any atom is -0.496 e. The highest BCUT2D eigenvalue weighted by atomic mass is 19.1. The molecule has 1 amide bonds. The van der Waals surface area contributed by atoms with Crippen molar-refractivity contribution in [2.45, 2.75) is 39.7 Å². The second-order valence-electron chi connectivity index (χ2n) is 9.14. The summed E-state index contributed by atoms with van der Waals surface area (Å²) >= 11 is 0. The second-order valence-corrected chi connectivity index (χ2v) is 9.14. The lowest BCUT2D eigenvalue weighted by molar-refractivity contribution is 0.0589. The first kappa shape index (κ1) is 25.0. The van der Waals surface area contributed by atoms with Gasteiger partial charge in [-0.05, 0) is 68.7 Å². The first-order chi connectivity index (χ1) is 16.0. The number of halogens is 1. The molecule has 0 bridgehead atoms. The van der Waals surface area contributed by atoms with E-state index in [-0.39, 0.29) is 5.78 Å². The molecule has 0 aliphatic heterocycles. The predicted molar refractivity (Wildman–Crippen MR) is 132 cm³/mol. The summed E-state index contributed by atoms with van der Waals surface area (Å²) in [6, 6.07) is 17.6. The van der Waals surface area contributed by atoms with E-state index in [1.807, 2.05) is 32.9 Å². The number of carbonyl (C=O) groups excluding carboxylic acids is 2. The van der Waals surface area contributed by atoms with Crippen LogP contribution in [0, 0.1) is 5.82 Å². The van der Waals surface area contributed by atoms with Crippen molar-refractivity contribution in [3.63, 3.8) is 0 Å². The van der Waals surface area contributed by atoms with Gasteiger partial charge in [0.05, 0.1) is 12.7 Å². The number of methoxy groups -OCH3 is 1. The molecule has 0 fully saturated rings. The lowest BCUT2D eigenvalue weighted by atomic mass is 9.95. The smallest absolute Gasteiger partial charge is 0.414 e. The van der Waals surface area contributed by atoms with Gasteiger partial charge in [-0.2, -0.15) is 0 Å². The van der Waals surface area contributed by atoms with E-state index >= 15 is 4.39 Å². The maximum absolute atomic E-state index is 15.7. The van der Waals surface area contributed by atoms with Crippen LogP contribution < -0.4 is 9.64 Å². The minimum atomic E-state index is -0.585. The Bertz CT molecular complexity index is 1200. The van der Waals surface area contributed by atoms with Gasteiger partial charge in [-0.1, -0.05) is 36.4 Å². The molecule has 6 heteroatoms. The number of amides is 1. The standard InChI is InChI=1S/C28H30FNO4/c1-18(31)20-8-7-9-21(17-20)25-24(33-6)15-12-22(26(25)29)16-19-10-13-23(14-11-19)30(5)27(32)34-28(2,3)4/h7-15,17H,16H2,1-6H3. The molecule has 0 unspecified atom stereocenters. The van der Waals surface area contributed by atoms with E-state index in [9.17, 15) is 9.59 Å². The summed E-state index contributed by atoms with van der Waals surface area (Å²) in [5.74, 6) is -0.0832. The molecule has 34 heavy (non-hydrogen) atoms. The van der Waals surface area contributed by atoms with E-state index < -0.39 is 17.5 Å². The Balaban J connectivity index is 1.88. The number of hydrogen-bond acceptors (Lipinski definition) is 4. The molecule has 0 aliphatic rings. The van der Waals surface area contributed by atoms with Crippen molar-refractivity contribution >= 4 is 17.6 Å². The Morgan fingerprint density at radius 2 is 1.68 bits per heavy atom. The van der Waals surface area contributed by atoms with E-state index in [4.69, 9.17) is 9.47 Å². The molecule has 0 radical (unpaired) electrons. The Hall–Kier alpha value is -3.67. The fourth-order valence-corrected chi connectivity index (χ4v) is 3.56. The predicted octanol–water partition coefficient (Wildman–Crippen LogP) is 6.67. The highest BCUT2D eigenvalue weighted by Crippen LogP contribution is 2.35. The zero-order chi connectivity index (χ0) is 25.0. The molecule has 0 atom stereocenters. The number of ketones is 1. The Morgan fingerprint density at radius 1 is 1.00 bits per heavy atom. The molecule has 0 spiro atoms. The lowest BCUT2D eigenvalue weighted by Gasteiger charge is -2.24. The van der Waals surface area contributed by atoms with Gasteiger partial charge in [0.15, 0.2) is 5.78 Å². The summed E-state index contributed by atoms with van der Waals surface area (Å²) in [7, 11) is 3.14. The summed E-state index contributed by atoms with van der Waals surface area (Å²) in [5.41, 5.74) is 2.89. The third-order valence-corrected chi connectivity index (χ3v) is 5.35. The Kier molecular flexibility index (Phi) is 7.40. The quantitative estimate of drug-likeness (QED) is 0.383. The molecule has 3 aromatic rings. The minimum absolute atomic E-state index is 0.0891. The molecule has 178 valence electrons. The number of anilines is 1. The average Bonchev–Trinajstić information content (AvgIpc) is 2.79. The summed E-state index contributed by atoms with van der Waals surface area (Å²) < 4.78 is 26.5. The molecule has 0 heterocycles. The van der Waals surface area contributed by atoms with Gasteiger partial charge in [-0.25, -0.2) is 9.18 Å². The Labute approximate surface area is 200 Å². The van der Waals surface area contributed by atoms with Crippen molar-refractivity contribution in [2.24, 2.45) is 0 Å². The molecular formula is C28H30FNO4. The normalized spacial score (nSPS) is 11.1. The maximum Gasteiger partial charge on any atom is 0.414 e. The summed E-state index contributed by atoms with van der Waals surface area (Å²) in [6.45, 7) is 6.93. The number of rotatable bonds is 6. The monoisotopic (exact) mass is 463 g/mol. The van der Waals surface area contributed by atoms with Crippen LogP contribution in [0.5, 0.6) is 5.75 Å². The first-order valence-electron chi connectivity index (χ1n) is 11.0. The number of hydrogen-bond donors (Lipinski definition) is 0. The van der Waals surface area contributed by atoms with Crippen molar-refractivity contribution in [3.8, 4) is 16.9 Å². The highest BCUT2D eigenvalue weighted by Gasteiger charge is 2.21. The lowest BCUT2D eigenvalue weighted by Crippen LogP contribution is -2.34. The summed E-state index contributed by atoms with van der Waals surface area (Å²) in [6.07, 6.45) is -0.0926. The third-order valence-electron chi connectivity index (χ3n) is 5.35. The average molecular weight is 464 g/mol. The number of carbonyl (C=O) groups is 2. The van der Waals surface area contributed by atoms with Gasteiger partial charge < -0.3 is 9.47 Å². The van der Waals surface area contributed by atoms with Crippen molar-refractivity contribution in [3.05, 3.63) is 83.2 Å². The molecule has 0 saturated carbocycles. The van der Waals surface area contributed by atoms with E-state index in [0.717, 1.165) is 5.56 Å². The largest absolute Gasteiger partial charge is 0.496 e. The van der Waals surface area contributed by atoms with E-state index in [1.54, 1.807) is 55.6 Å². The van der Waals surface area contributed by atoms with E-state index in [1.165, 1.54) is 18.9 Å². The molecule has 3 rings (SSSR count). The van der Waals surface area contributed by atoms with Crippen LogP contribution >= 0.6 is 0 Å². The molecule has 0 aromatic heterocycles. The van der Waals surface area contributed by atoms with Crippen LogP contribution in [0.15, 0.2) is 60.7 Å². The topological polar surface area (TPSA) is 55.8 Å². The zero-order valence-electron chi connectivity index (χ0n) is 20.4. The second kappa shape index (κ2) is 10.1. The van der Waals surface area contributed by atoms with Crippen LogP contribution in [0.1, 0.15) is 49.2 Å². The van der Waals surface area contributed by atoms with Gasteiger partial charge >= 0.3 is 6.09 Å². The Morgan fingerprint density at radius 3 is 2.26 bits per heavy atom. The molecule has 3 aromatic carbocycles. The van der Waals surface area contributed by atoms with Crippen LogP contribution in [-0.2, 0) is 11.2 Å². The SMILES string of the molecule is COc1ccc(Cc2ccc(N(C)C(=O)OC(C)(C)C)cc2)c(F)c1-c1cccc(C(C)=O)c1. The molecular weight excluding hydrogens is 433 g/mol. The van der Waals surface area contributed by atoms with Crippen LogP contribution in [0.4, 0.5) is 14.9 Å². The molecule has 5 nitrogen and oxygen atoms in total. The van der Waals surface area contributed by atoms with E-state index in [0.29, 0.717) is 40.1 Å². The first-order valence-corrected chi connectivity index (χ1v) is 11.0. The highest BCUT2D eigenvalue weighted by molar-refractivity contribution is 5.95. The van der Waals surface area contributed by atoms with Crippen molar-refractivity contribution in [1.82, 2.24) is 0 Å². The van der Waals surface area contributed by atoms with Crippen LogP contribution in [0.2, 0.25) is 0 Å². The van der Waals surface area contributed by atoms with Crippen LogP contribution in [0.3, 0.4) is 0 Å². The number of Topliss-reactive ketones (excluding diaryl/α,β-unsaturated/α-hetero) is 1. The van der Waals surface area contributed by atoms with Gasteiger partial charge in [0.25, 0.3) is 0 Å². The van der Waals surface area contributed by atoms with Gasteiger partial charge in [0.1, 0.15) is 17.2 Å². The zero-order valence-corrected chi connectivity index (χ0v) is 20.4. The van der Waals surface area contributed by atoms with Crippen molar-refractivity contribution in [2.75, 3.05) is 19.1 Å². The molecule has 0 aliphatic carbocycles. The maximum atomic E-state index is 15.7. The number of ether oxygens (including phenoxy) is 2. The summed E-state index contributed by atoms with van der Waals surface area (Å²) in [5, 5.41) is 0. The van der Waals surface area contributed by atoms with Gasteiger partial charge in [-0.15, -0.1) is 0 Å².